The molecule has 1 aromatic rings. The molecule has 0 aliphatic carbocycles. The quantitative estimate of drug-likeness (QED) is 0.484. The predicted molar refractivity (Wildman–Crippen MR) is 76.0 cm³/mol. The van der Waals surface area contributed by atoms with Crippen LogP contribution in [0.15, 0.2) is 12.1 Å². The molecule has 15 heavy (non-hydrogen) atoms. The Kier molecular flexibility index (Phi) is 4.11. The van der Waals surface area contributed by atoms with Crippen LogP contribution >= 0.6 is 12.5 Å². The summed E-state index contributed by atoms with van der Waals surface area (Å²) in [6, 6.07) is 3.93. The van der Waals surface area contributed by atoms with E-state index in [9.17, 15) is 0 Å². The second-order valence-corrected chi connectivity index (χ2v) is 4.87. The van der Waals surface area contributed by atoms with E-state index < -0.39 is 0 Å². The molecule has 0 atom stereocenters. The van der Waals surface area contributed by atoms with Crippen LogP contribution in [0.1, 0.15) is 26.3 Å². The van der Waals surface area contributed by atoms with Gasteiger partial charge in [0.15, 0.2) is 0 Å². The lowest BCUT2D eigenvalue weighted by atomic mass is 9.48. The van der Waals surface area contributed by atoms with Gasteiger partial charge in [0, 0.05) is 7.74 Å². The number of thiol groups is 1. The third kappa shape index (κ3) is 2.90. The third-order valence-electron chi connectivity index (χ3n) is 2.38. The SMILES string of the molecule is [B][B]c1cc(C(C)(C)C)c([B]S)cc1[B]. The Hall–Kier alpha value is -0.170. The Balaban J connectivity index is 3.36. The molecule has 70 valence electrons. The minimum atomic E-state index is 0.0556. The molecule has 0 aliphatic rings. The summed E-state index contributed by atoms with van der Waals surface area (Å²) in [4.78, 5) is 0. The molecule has 0 spiro atoms. The summed E-state index contributed by atoms with van der Waals surface area (Å²) in [7, 11) is 12.9. The monoisotopic (exact) mass is 208 g/mol. The van der Waals surface area contributed by atoms with Gasteiger partial charge in [-0.1, -0.05) is 38.4 Å². The molecule has 0 amide bonds. The second kappa shape index (κ2) is 4.78. The van der Waals surface area contributed by atoms with Crippen LogP contribution in [0.4, 0.5) is 0 Å². The van der Waals surface area contributed by atoms with Crippen molar-refractivity contribution in [2.24, 2.45) is 0 Å². The van der Waals surface area contributed by atoms with E-state index in [0.717, 1.165) is 10.9 Å². The van der Waals surface area contributed by atoms with E-state index in [1.165, 1.54) is 12.7 Å². The zero-order valence-electron chi connectivity index (χ0n) is 9.41. The van der Waals surface area contributed by atoms with E-state index >= 15 is 0 Å². The van der Waals surface area contributed by atoms with E-state index in [-0.39, 0.29) is 5.41 Å². The van der Waals surface area contributed by atoms with E-state index in [2.05, 4.69) is 33.3 Å². The van der Waals surface area contributed by atoms with Crippen LogP contribution in [0, 0.1) is 0 Å². The molecule has 0 saturated heterocycles. The van der Waals surface area contributed by atoms with Gasteiger partial charge in [-0.05, 0) is 11.0 Å². The summed E-state index contributed by atoms with van der Waals surface area (Å²) in [5, 5.41) is 0. The molecular weight excluding hydrogens is 195 g/mol. The average molecular weight is 208 g/mol. The van der Waals surface area contributed by atoms with Gasteiger partial charge in [-0.2, -0.15) is 0 Å². The number of benzene rings is 1. The number of hydrogen-bond donors (Lipinski definition) is 1. The van der Waals surface area contributed by atoms with Crippen molar-refractivity contribution >= 4 is 58.2 Å². The zero-order chi connectivity index (χ0) is 11.6. The van der Waals surface area contributed by atoms with E-state index in [1.54, 1.807) is 6.56 Å². The lowest BCUT2D eigenvalue weighted by molar-refractivity contribution is 0.595. The highest BCUT2D eigenvalue weighted by Gasteiger charge is 2.18. The Labute approximate surface area is 102 Å². The van der Waals surface area contributed by atoms with Crippen LogP contribution in [0.3, 0.4) is 0 Å². The van der Waals surface area contributed by atoms with Crippen molar-refractivity contribution in [3.05, 3.63) is 17.7 Å². The average Bonchev–Trinajstić information content (AvgIpc) is 2.15. The fraction of sp³-hybridized carbons (Fsp3) is 0.400. The van der Waals surface area contributed by atoms with E-state index in [4.69, 9.17) is 15.6 Å². The Morgan fingerprint density at radius 2 is 1.80 bits per heavy atom. The summed E-state index contributed by atoms with van der Waals surface area (Å²) in [5.74, 6) is 0. The molecule has 1 aromatic carbocycles. The molecule has 0 aliphatic heterocycles. The molecule has 0 aromatic heterocycles. The highest BCUT2D eigenvalue weighted by Crippen LogP contribution is 2.18. The van der Waals surface area contributed by atoms with Crippen molar-refractivity contribution in [2.45, 2.75) is 26.2 Å². The molecule has 0 bridgehead atoms. The molecule has 0 nitrogen and oxygen atoms in total. The summed E-state index contributed by atoms with van der Waals surface area (Å²) in [6.07, 6.45) is 0. The summed E-state index contributed by atoms with van der Waals surface area (Å²) in [5.41, 5.74) is 3.86. The van der Waals surface area contributed by atoms with E-state index in [0.29, 0.717) is 5.46 Å². The van der Waals surface area contributed by atoms with Gasteiger partial charge < -0.3 is 0 Å². The minimum absolute atomic E-state index is 0.0556. The van der Waals surface area contributed by atoms with Crippen LogP contribution in [-0.2, 0) is 5.41 Å². The van der Waals surface area contributed by atoms with Crippen molar-refractivity contribution in [3.63, 3.8) is 0 Å². The molecule has 5 heteroatoms. The van der Waals surface area contributed by atoms with Crippen molar-refractivity contribution in [1.29, 1.82) is 0 Å². The lowest BCUT2D eigenvalue weighted by Gasteiger charge is -2.24. The summed E-state index contributed by atoms with van der Waals surface area (Å²) < 4.78 is 0. The zero-order valence-corrected chi connectivity index (χ0v) is 10.3. The standard InChI is InChI=1S/C10H12B4S/c1-10(2,3)6-4-9(13-12)7(11)5-8(6)14-15/h4-5,15H,1-3H3. The third-order valence-corrected chi connectivity index (χ3v) is 2.66. The molecule has 1 rings (SSSR count). The maximum absolute atomic E-state index is 5.85. The van der Waals surface area contributed by atoms with Gasteiger partial charge in [0.2, 0.25) is 6.56 Å². The Bertz CT molecular complexity index is 357. The van der Waals surface area contributed by atoms with Crippen LogP contribution in [0.25, 0.3) is 0 Å². The first-order valence-corrected chi connectivity index (χ1v) is 5.38. The van der Waals surface area contributed by atoms with E-state index in [1.807, 2.05) is 12.1 Å². The maximum atomic E-state index is 5.85. The molecule has 0 fully saturated rings. The highest BCUT2D eigenvalue weighted by atomic mass is 32.1. The molecule has 0 heterocycles. The van der Waals surface area contributed by atoms with Crippen LogP contribution in [-0.4, -0.2) is 29.3 Å². The van der Waals surface area contributed by atoms with Gasteiger partial charge in [0.25, 0.3) is 0 Å². The Morgan fingerprint density at radius 1 is 1.20 bits per heavy atom. The Morgan fingerprint density at radius 3 is 2.20 bits per heavy atom. The number of hydrogen-bond acceptors (Lipinski definition) is 1. The first-order valence-electron chi connectivity index (χ1n) is 4.86. The van der Waals surface area contributed by atoms with Gasteiger partial charge in [0.1, 0.15) is 7.85 Å². The molecule has 6 radical (unpaired) electrons. The predicted octanol–water partition coefficient (Wildman–Crippen LogP) is -0.635. The first-order chi connectivity index (χ1) is 6.90. The highest BCUT2D eigenvalue weighted by molar-refractivity contribution is 8.08. The molecule has 0 unspecified atom stereocenters. The summed E-state index contributed by atoms with van der Waals surface area (Å²) in [6.45, 7) is 8.23. The van der Waals surface area contributed by atoms with Crippen molar-refractivity contribution < 1.29 is 0 Å². The molecule has 0 N–H and O–H groups in total. The van der Waals surface area contributed by atoms with Gasteiger partial charge >= 0.3 is 0 Å². The number of rotatable bonds is 2. The largest absolute Gasteiger partial charge is 0.228 e. The van der Waals surface area contributed by atoms with Crippen molar-refractivity contribution in [1.82, 2.24) is 0 Å². The van der Waals surface area contributed by atoms with Gasteiger partial charge in [-0.15, -0.1) is 10.9 Å². The molecule has 0 saturated carbocycles. The minimum Gasteiger partial charge on any atom is -0.228 e. The van der Waals surface area contributed by atoms with Crippen molar-refractivity contribution in [3.8, 4) is 0 Å². The van der Waals surface area contributed by atoms with Crippen LogP contribution < -0.4 is 16.4 Å². The van der Waals surface area contributed by atoms with Gasteiger partial charge in [-0.3, -0.25) is 0 Å². The van der Waals surface area contributed by atoms with Gasteiger partial charge in [0.05, 0.1) is 7.17 Å². The van der Waals surface area contributed by atoms with Gasteiger partial charge in [-0.25, -0.2) is 12.5 Å². The topological polar surface area (TPSA) is 0 Å². The van der Waals surface area contributed by atoms with Crippen molar-refractivity contribution in [2.75, 3.05) is 0 Å². The van der Waals surface area contributed by atoms with Crippen LogP contribution in [0.2, 0.25) is 0 Å². The maximum Gasteiger partial charge on any atom is 0.225 e. The summed E-state index contributed by atoms with van der Waals surface area (Å²) >= 11 is 4.20. The molecular formula is C10H12B4S. The van der Waals surface area contributed by atoms with Crippen LogP contribution in [0.5, 0.6) is 0 Å². The fourth-order valence-electron chi connectivity index (χ4n) is 1.55. The second-order valence-electron chi connectivity index (χ2n) is 4.61. The first kappa shape index (κ1) is 12.9. The fourth-order valence-corrected chi connectivity index (χ4v) is 1.77. The smallest absolute Gasteiger partial charge is 0.225 e. The lowest BCUT2D eigenvalue weighted by Crippen LogP contribution is -2.39. The normalized spacial score (nSPS) is 11.2.